The molecular weight excluding hydrogens is 579 g/mol. The number of carbonyl (C=O) groups excluding carboxylic acids is 3. The molecule has 2 rings (SSSR count). The van der Waals surface area contributed by atoms with Crippen LogP contribution in [0.3, 0.4) is 0 Å². The second kappa shape index (κ2) is 15.9. The zero-order valence-corrected chi connectivity index (χ0v) is 25.2. The summed E-state index contributed by atoms with van der Waals surface area (Å²) in [6.07, 6.45) is -4.79. The first-order chi connectivity index (χ1) is 20.5. The van der Waals surface area contributed by atoms with Crippen LogP contribution in [-0.2, 0) is 20.9 Å². The maximum absolute atomic E-state index is 13.1. The van der Waals surface area contributed by atoms with Crippen LogP contribution in [-0.4, -0.2) is 65.9 Å². The summed E-state index contributed by atoms with van der Waals surface area (Å²) in [6.45, 7) is 6.51. The summed E-state index contributed by atoms with van der Waals surface area (Å²) in [7, 11) is 0. The Morgan fingerprint density at radius 1 is 1.07 bits per heavy atom. The van der Waals surface area contributed by atoms with Crippen molar-refractivity contribution in [1.82, 2.24) is 21.3 Å². The largest absolute Gasteiger partial charge is 0.491 e. The van der Waals surface area contributed by atoms with Crippen molar-refractivity contribution in [3.05, 3.63) is 70.8 Å². The highest BCUT2D eigenvalue weighted by atomic mass is 19.4. The lowest BCUT2D eigenvalue weighted by Crippen LogP contribution is -2.58. The molecule has 0 unspecified atom stereocenters. The predicted molar refractivity (Wildman–Crippen MR) is 158 cm³/mol. The van der Waals surface area contributed by atoms with Gasteiger partial charge in [0.15, 0.2) is 0 Å². The van der Waals surface area contributed by atoms with Gasteiger partial charge in [0.05, 0.1) is 12.6 Å². The lowest BCUT2D eigenvalue weighted by atomic mass is 10.1. The lowest BCUT2D eigenvalue weighted by Gasteiger charge is -2.25. The molecule has 5 N–H and O–H groups in total. The highest BCUT2D eigenvalue weighted by Gasteiger charge is 2.34. The normalized spacial score (nSPS) is 14.0. The van der Waals surface area contributed by atoms with Gasteiger partial charge in [0.2, 0.25) is 11.8 Å². The molecule has 0 aromatic heterocycles. The number of halogens is 3. The van der Waals surface area contributed by atoms with Crippen LogP contribution in [0.5, 0.6) is 5.75 Å². The molecule has 0 radical (unpaired) electrons. The third kappa shape index (κ3) is 12.8. The van der Waals surface area contributed by atoms with Crippen LogP contribution in [0.15, 0.2) is 54.1 Å². The Morgan fingerprint density at radius 3 is 2.30 bits per heavy atom. The summed E-state index contributed by atoms with van der Waals surface area (Å²) in [5.74, 6) is -2.06. The number of ether oxygens (including phenoxy) is 1. The molecule has 0 bridgehead atoms. The van der Waals surface area contributed by atoms with Crippen LogP contribution < -0.4 is 26.0 Å². The minimum Gasteiger partial charge on any atom is -0.491 e. The molecule has 0 fully saturated rings. The van der Waals surface area contributed by atoms with Crippen molar-refractivity contribution in [2.24, 2.45) is 0 Å². The molecule has 238 valence electrons. The number of hydrogen-bond donors (Lipinski definition) is 5. The number of aryl methyl sites for hydroxylation is 1. The molecule has 0 spiro atoms. The number of rotatable bonds is 13. The van der Waals surface area contributed by atoms with E-state index in [2.05, 4.69) is 16.0 Å². The van der Waals surface area contributed by atoms with Crippen molar-refractivity contribution in [2.75, 3.05) is 13.2 Å². The van der Waals surface area contributed by atoms with E-state index in [-0.39, 0.29) is 17.9 Å². The molecule has 13 heteroatoms. The number of amides is 3. The van der Waals surface area contributed by atoms with E-state index in [1.165, 1.54) is 12.1 Å². The number of nitrogens with zero attached hydrogens (tertiary/aromatic N) is 1. The number of nitrogens with one attached hydrogen (secondary N) is 4. The van der Waals surface area contributed by atoms with Gasteiger partial charge < -0.3 is 25.8 Å². The summed E-state index contributed by atoms with van der Waals surface area (Å²) >= 11 is 0. The second-order valence-corrected chi connectivity index (χ2v) is 11.2. The fourth-order valence-corrected chi connectivity index (χ4v) is 3.77. The Kier molecular flexibility index (Phi) is 12.9. The topological polar surface area (TPSA) is 153 Å². The number of nitriles is 1. The monoisotopic (exact) mass is 617 g/mol. The standard InChI is InChI=1S/C31H38F3N5O5/c1-19-9-11-21(12-10-19)16-36-28(42)25(38-29(43)26(20(2)40)37-18-31(32,33)34)17-44-24-8-6-7-22(14-24)13-23(15-35)27(41)39-30(3,4)5/h6-14,20,25-26,37,40H,16-18H2,1-5H3,(H,36,42)(H,38,43)(H,39,41)/t20-,25+,26+/m1/s1. The van der Waals surface area contributed by atoms with Gasteiger partial charge in [-0.1, -0.05) is 42.0 Å². The molecule has 3 atom stereocenters. The molecule has 0 aliphatic rings. The van der Waals surface area contributed by atoms with E-state index in [1.54, 1.807) is 51.1 Å². The Balaban J connectivity index is 2.24. The number of benzene rings is 2. The van der Waals surface area contributed by atoms with Gasteiger partial charge in [0, 0.05) is 12.1 Å². The Labute approximate surface area is 254 Å². The fraction of sp³-hybridized carbons (Fsp3) is 0.419. The molecule has 44 heavy (non-hydrogen) atoms. The predicted octanol–water partition coefficient (Wildman–Crippen LogP) is 2.90. The number of aliphatic hydroxyl groups is 1. The molecular formula is C31H38F3N5O5. The van der Waals surface area contributed by atoms with E-state index in [4.69, 9.17) is 4.74 Å². The number of hydrogen-bond acceptors (Lipinski definition) is 7. The van der Waals surface area contributed by atoms with Gasteiger partial charge in [-0.05, 0) is 64.0 Å². The Bertz CT molecular complexity index is 1360. The van der Waals surface area contributed by atoms with Gasteiger partial charge in [-0.15, -0.1) is 0 Å². The van der Waals surface area contributed by atoms with Crippen LogP contribution in [0.1, 0.15) is 44.4 Å². The lowest BCUT2D eigenvalue weighted by molar-refractivity contribution is -0.138. The zero-order valence-electron chi connectivity index (χ0n) is 25.2. The van der Waals surface area contributed by atoms with Crippen molar-refractivity contribution in [1.29, 1.82) is 5.26 Å². The van der Waals surface area contributed by atoms with E-state index in [9.17, 15) is 37.9 Å². The zero-order chi connectivity index (χ0) is 33.1. The quantitative estimate of drug-likeness (QED) is 0.171. The van der Waals surface area contributed by atoms with E-state index in [0.717, 1.165) is 18.1 Å². The third-order valence-corrected chi connectivity index (χ3v) is 5.95. The highest BCUT2D eigenvalue weighted by molar-refractivity contribution is 6.02. The number of carbonyl (C=O) groups is 3. The van der Waals surface area contributed by atoms with Gasteiger partial charge in [-0.25, -0.2) is 0 Å². The molecule has 3 amide bonds. The minimum absolute atomic E-state index is 0.103. The van der Waals surface area contributed by atoms with E-state index >= 15 is 0 Å². The maximum atomic E-state index is 13.1. The summed E-state index contributed by atoms with van der Waals surface area (Å²) in [4.78, 5) is 38.5. The van der Waals surface area contributed by atoms with Crippen LogP contribution in [0.25, 0.3) is 6.08 Å². The second-order valence-electron chi connectivity index (χ2n) is 11.2. The molecule has 0 aliphatic heterocycles. The number of aliphatic hydroxyl groups excluding tert-OH is 1. The molecule has 0 heterocycles. The first kappa shape index (κ1) is 35.8. The molecule has 2 aromatic carbocycles. The first-order valence-corrected chi connectivity index (χ1v) is 13.8. The van der Waals surface area contributed by atoms with Crippen LogP contribution in [0.2, 0.25) is 0 Å². The average Bonchev–Trinajstić information content (AvgIpc) is 2.92. The molecule has 2 aromatic rings. The summed E-state index contributed by atoms with van der Waals surface area (Å²) < 4.78 is 44.1. The summed E-state index contributed by atoms with van der Waals surface area (Å²) in [5, 5.41) is 29.2. The van der Waals surface area contributed by atoms with E-state index in [0.29, 0.717) is 5.56 Å². The summed E-state index contributed by atoms with van der Waals surface area (Å²) in [6, 6.07) is 12.4. The van der Waals surface area contributed by atoms with E-state index < -0.39 is 60.8 Å². The average molecular weight is 618 g/mol. The molecule has 10 nitrogen and oxygen atoms in total. The van der Waals surface area contributed by atoms with Crippen molar-refractivity contribution >= 4 is 23.8 Å². The van der Waals surface area contributed by atoms with Gasteiger partial charge in [-0.2, -0.15) is 18.4 Å². The smallest absolute Gasteiger partial charge is 0.401 e. The third-order valence-electron chi connectivity index (χ3n) is 5.95. The SMILES string of the molecule is Cc1ccc(CNC(=O)[C@H](COc2cccc(C=C(C#N)C(=O)NC(C)(C)C)c2)NC(=O)[C@@H](NCC(F)(F)F)[C@@H](C)O)cc1. The van der Waals surface area contributed by atoms with Crippen LogP contribution in [0.4, 0.5) is 13.2 Å². The van der Waals surface area contributed by atoms with Crippen molar-refractivity contribution in [2.45, 2.75) is 71.1 Å². The molecule has 0 aliphatic carbocycles. The minimum atomic E-state index is -4.64. The van der Waals surface area contributed by atoms with Crippen molar-refractivity contribution < 1.29 is 37.4 Å². The van der Waals surface area contributed by atoms with Gasteiger partial charge in [0.1, 0.15) is 36.1 Å². The highest BCUT2D eigenvalue weighted by Crippen LogP contribution is 2.17. The molecule has 0 saturated heterocycles. The van der Waals surface area contributed by atoms with Gasteiger partial charge in [-0.3, -0.25) is 19.7 Å². The summed E-state index contributed by atoms with van der Waals surface area (Å²) in [5.41, 5.74) is 1.52. The van der Waals surface area contributed by atoms with Crippen LogP contribution in [0, 0.1) is 18.3 Å². The Morgan fingerprint density at radius 2 is 1.73 bits per heavy atom. The maximum Gasteiger partial charge on any atom is 0.401 e. The number of alkyl halides is 3. The Hall–Kier alpha value is -4.41. The fourth-order valence-electron chi connectivity index (χ4n) is 3.77. The first-order valence-electron chi connectivity index (χ1n) is 13.8. The van der Waals surface area contributed by atoms with Crippen LogP contribution >= 0.6 is 0 Å². The molecule has 0 saturated carbocycles. The van der Waals surface area contributed by atoms with Crippen molar-refractivity contribution in [3.63, 3.8) is 0 Å². The van der Waals surface area contributed by atoms with Gasteiger partial charge >= 0.3 is 6.18 Å². The van der Waals surface area contributed by atoms with Crippen molar-refractivity contribution in [3.8, 4) is 11.8 Å². The van der Waals surface area contributed by atoms with E-state index in [1.807, 2.05) is 30.4 Å². The van der Waals surface area contributed by atoms with Gasteiger partial charge in [0.25, 0.3) is 5.91 Å².